The molecule has 0 heterocycles. The molecule has 0 spiro atoms. The first-order valence-electron chi connectivity index (χ1n) is 7.34. The molecule has 1 fully saturated rings. The molecule has 0 atom stereocenters. The van der Waals surface area contributed by atoms with Gasteiger partial charge in [-0.2, -0.15) is 0 Å². The van der Waals surface area contributed by atoms with Crippen molar-refractivity contribution in [1.29, 1.82) is 0 Å². The Hall–Kier alpha value is -1.31. The van der Waals surface area contributed by atoms with Gasteiger partial charge in [-0.25, -0.2) is 13.1 Å². The van der Waals surface area contributed by atoms with Crippen molar-refractivity contribution in [3.8, 4) is 5.75 Å². The summed E-state index contributed by atoms with van der Waals surface area (Å²) in [6.07, 6.45) is 1.98. The molecular formula is C15H20ClNO5S. The quantitative estimate of drug-likeness (QED) is 0.840. The normalized spacial score (nSPS) is 21.9. The summed E-state index contributed by atoms with van der Waals surface area (Å²) in [5.74, 6) is -0.776. The number of sulfonamides is 1. The van der Waals surface area contributed by atoms with E-state index in [0.29, 0.717) is 37.0 Å². The second-order valence-corrected chi connectivity index (χ2v) is 7.85. The number of carboxylic acids is 1. The van der Waals surface area contributed by atoms with Crippen molar-refractivity contribution >= 4 is 27.6 Å². The molecule has 0 aromatic heterocycles. The van der Waals surface area contributed by atoms with Gasteiger partial charge in [-0.05, 0) is 50.3 Å². The Balaban J connectivity index is 2.14. The number of carboxylic acid groups (broad SMARTS) is 1. The van der Waals surface area contributed by atoms with Gasteiger partial charge in [-0.15, -0.1) is 0 Å². The second kappa shape index (κ2) is 7.07. The number of aliphatic carboxylic acids is 1. The predicted octanol–water partition coefficient (Wildman–Crippen LogP) is 2.58. The van der Waals surface area contributed by atoms with Crippen LogP contribution in [0.3, 0.4) is 0 Å². The molecule has 2 N–H and O–H groups in total. The summed E-state index contributed by atoms with van der Waals surface area (Å²) in [6.45, 7) is 1.68. The number of benzene rings is 1. The summed E-state index contributed by atoms with van der Waals surface area (Å²) in [5.41, 5.74) is 0.540. The highest BCUT2D eigenvalue weighted by molar-refractivity contribution is 7.89. The van der Waals surface area contributed by atoms with E-state index in [1.807, 2.05) is 0 Å². The Bertz CT molecular complexity index is 696. The van der Waals surface area contributed by atoms with Crippen molar-refractivity contribution in [3.63, 3.8) is 0 Å². The molecule has 1 aromatic carbocycles. The first kappa shape index (κ1) is 18.0. The average molecular weight is 362 g/mol. The van der Waals surface area contributed by atoms with Crippen molar-refractivity contribution in [3.05, 3.63) is 22.7 Å². The average Bonchev–Trinajstić information content (AvgIpc) is 2.49. The fraction of sp³-hybridized carbons (Fsp3) is 0.533. The summed E-state index contributed by atoms with van der Waals surface area (Å²) in [7, 11) is -2.25. The minimum absolute atomic E-state index is 0.114. The van der Waals surface area contributed by atoms with Gasteiger partial charge in [0.1, 0.15) is 5.75 Å². The van der Waals surface area contributed by atoms with E-state index in [-0.39, 0.29) is 21.9 Å². The summed E-state index contributed by atoms with van der Waals surface area (Å²) < 4.78 is 32.9. The molecule has 0 aliphatic heterocycles. The monoisotopic (exact) mass is 361 g/mol. The lowest BCUT2D eigenvalue weighted by atomic mass is 9.87. The molecule has 6 nitrogen and oxygen atoms in total. The number of hydrogen-bond acceptors (Lipinski definition) is 4. The van der Waals surface area contributed by atoms with Crippen LogP contribution >= 0.6 is 11.6 Å². The van der Waals surface area contributed by atoms with E-state index in [1.54, 1.807) is 13.0 Å². The van der Waals surface area contributed by atoms with E-state index in [4.69, 9.17) is 21.4 Å². The zero-order valence-corrected chi connectivity index (χ0v) is 14.6. The van der Waals surface area contributed by atoms with Gasteiger partial charge in [-0.3, -0.25) is 4.79 Å². The Morgan fingerprint density at radius 2 is 1.91 bits per heavy atom. The Kier molecular flexibility index (Phi) is 5.54. The van der Waals surface area contributed by atoms with Gasteiger partial charge in [-0.1, -0.05) is 11.6 Å². The first-order chi connectivity index (χ1) is 10.7. The molecule has 23 heavy (non-hydrogen) atoms. The third-order valence-corrected chi connectivity index (χ3v) is 6.09. The Morgan fingerprint density at radius 1 is 1.30 bits per heavy atom. The molecule has 1 aliphatic rings. The van der Waals surface area contributed by atoms with Crippen LogP contribution in [0.4, 0.5) is 0 Å². The Morgan fingerprint density at radius 3 is 2.43 bits per heavy atom. The SMILES string of the molecule is COc1cc(C)c(S(=O)(=O)NC2CCC(C(=O)O)CC2)cc1Cl. The lowest BCUT2D eigenvalue weighted by molar-refractivity contribution is -0.142. The largest absolute Gasteiger partial charge is 0.495 e. The highest BCUT2D eigenvalue weighted by Gasteiger charge is 2.29. The summed E-state index contributed by atoms with van der Waals surface area (Å²) in [5, 5.41) is 9.22. The van der Waals surface area contributed by atoms with Crippen LogP contribution in [0.1, 0.15) is 31.2 Å². The fourth-order valence-electron chi connectivity index (χ4n) is 2.82. The van der Waals surface area contributed by atoms with Crippen LogP contribution in [-0.2, 0) is 14.8 Å². The molecule has 2 rings (SSSR count). The summed E-state index contributed by atoms with van der Waals surface area (Å²) in [4.78, 5) is 11.1. The number of aryl methyl sites for hydroxylation is 1. The molecule has 8 heteroatoms. The van der Waals surface area contributed by atoms with Crippen LogP contribution in [0.2, 0.25) is 5.02 Å². The molecule has 0 amide bonds. The Labute approximate surface area is 140 Å². The zero-order chi connectivity index (χ0) is 17.2. The number of halogens is 1. The van der Waals surface area contributed by atoms with E-state index in [0.717, 1.165) is 0 Å². The number of nitrogens with one attached hydrogen (secondary N) is 1. The van der Waals surface area contributed by atoms with Gasteiger partial charge in [0.15, 0.2) is 0 Å². The van der Waals surface area contributed by atoms with E-state index >= 15 is 0 Å². The van der Waals surface area contributed by atoms with Crippen molar-refractivity contribution in [2.75, 3.05) is 7.11 Å². The predicted molar refractivity (Wildman–Crippen MR) is 86.4 cm³/mol. The van der Waals surface area contributed by atoms with Gasteiger partial charge in [0.05, 0.1) is 22.9 Å². The summed E-state index contributed by atoms with van der Waals surface area (Å²) in [6, 6.07) is 2.70. The maximum Gasteiger partial charge on any atom is 0.306 e. The lowest BCUT2D eigenvalue weighted by Gasteiger charge is -2.27. The third-order valence-electron chi connectivity index (χ3n) is 4.14. The molecule has 1 saturated carbocycles. The van der Waals surface area contributed by atoms with Crippen molar-refractivity contribution in [2.24, 2.45) is 5.92 Å². The fourth-order valence-corrected chi connectivity index (χ4v) is 4.69. The highest BCUT2D eigenvalue weighted by atomic mass is 35.5. The summed E-state index contributed by atoms with van der Waals surface area (Å²) >= 11 is 6.02. The molecular weight excluding hydrogens is 342 g/mol. The van der Waals surface area contributed by atoms with Crippen LogP contribution in [0.15, 0.2) is 17.0 Å². The molecule has 1 aliphatic carbocycles. The van der Waals surface area contributed by atoms with Gasteiger partial charge in [0.25, 0.3) is 0 Å². The van der Waals surface area contributed by atoms with Crippen LogP contribution in [0, 0.1) is 12.8 Å². The molecule has 128 valence electrons. The lowest BCUT2D eigenvalue weighted by Crippen LogP contribution is -2.38. The van der Waals surface area contributed by atoms with E-state index in [2.05, 4.69) is 4.72 Å². The van der Waals surface area contributed by atoms with Crippen molar-refractivity contribution < 1.29 is 23.1 Å². The maximum atomic E-state index is 12.6. The number of ether oxygens (including phenoxy) is 1. The van der Waals surface area contributed by atoms with Crippen LogP contribution in [0.25, 0.3) is 0 Å². The van der Waals surface area contributed by atoms with Crippen LogP contribution < -0.4 is 9.46 Å². The van der Waals surface area contributed by atoms with Crippen LogP contribution in [-0.4, -0.2) is 32.6 Å². The number of carbonyl (C=O) groups is 1. The standard InChI is InChI=1S/C15H20ClNO5S/c1-9-7-13(22-2)12(16)8-14(9)23(20,21)17-11-5-3-10(4-6-11)15(18)19/h7-8,10-11,17H,3-6H2,1-2H3,(H,18,19). The minimum Gasteiger partial charge on any atom is -0.495 e. The molecule has 0 bridgehead atoms. The molecule has 0 radical (unpaired) electrons. The van der Waals surface area contributed by atoms with E-state index in [1.165, 1.54) is 13.2 Å². The van der Waals surface area contributed by atoms with Crippen LogP contribution in [0.5, 0.6) is 5.75 Å². The third kappa shape index (κ3) is 4.16. The van der Waals surface area contributed by atoms with Gasteiger partial charge >= 0.3 is 5.97 Å². The first-order valence-corrected chi connectivity index (χ1v) is 9.20. The van der Waals surface area contributed by atoms with Crippen molar-refractivity contribution in [1.82, 2.24) is 4.72 Å². The maximum absolute atomic E-state index is 12.6. The van der Waals surface area contributed by atoms with Crippen molar-refractivity contribution in [2.45, 2.75) is 43.5 Å². The smallest absolute Gasteiger partial charge is 0.306 e. The highest BCUT2D eigenvalue weighted by Crippen LogP contribution is 2.31. The number of rotatable bonds is 5. The number of methoxy groups -OCH3 is 1. The van der Waals surface area contributed by atoms with E-state index in [9.17, 15) is 13.2 Å². The molecule has 1 aromatic rings. The molecule has 0 unspecified atom stereocenters. The van der Waals surface area contributed by atoms with Gasteiger partial charge in [0, 0.05) is 6.04 Å². The van der Waals surface area contributed by atoms with E-state index < -0.39 is 16.0 Å². The topological polar surface area (TPSA) is 92.7 Å². The second-order valence-electron chi connectivity index (χ2n) is 5.76. The minimum atomic E-state index is -3.71. The molecule has 0 saturated heterocycles. The zero-order valence-electron chi connectivity index (χ0n) is 13.0. The van der Waals surface area contributed by atoms with Gasteiger partial charge < -0.3 is 9.84 Å². The number of hydrogen-bond donors (Lipinski definition) is 2. The van der Waals surface area contributed by atoms with Gasteiger partial charge in [0.2, 0.25) is 10.0 Å².